The molecule has 0 fully saturated rings. The molecule has 7 nitrogen and oxygen atoms in total. The molecule has 0 aliphatic heterocycles. The molecule has 8 heteroatoms. The van der Waals surface area contributed by atoms with Crippen LogP contribution in [0.5, 0.6) is 0 Å². The number of nitrogens with one attached hydrogen (secondary N) is 2. The Kier molecular flexibility index (Phi) is 10.9. The summed E-state index contributed by atoms with van der Waals surface area (Å²) in [7, 11) is 2.14. The summed E-state index contributed by atoms with van der Waals surface area (Å²) in [5, 5.41) is 3.02. The number of fused-ring (bicyclic) bond motifs is 2. The number of para-hydroxylation sites is 2. The minimum atomic E-state index is -0.680. The van der Waals surface area contributed by atoms with Crippen LogP contribution in [0, 0.1) is 11.7 Å². The molecule has 0 saturated heterocycles. The number of rotatable bonds is 14. The summed E-state index contributed by atoms with van der Waals surface area (Å²) in [5.41, 5.74) is 3.38. The van der Waals surface area contributed by atoms with Crippen molar-refractivity contribution in [2.24, 2.45) is 5.92 Å². The van der Waals surface area contributed by atoms with Crippen LogP contribution in [0.15, 0.2) is 42.5 Å². The zero-order valence-corrected chi connectivity index (χ0v) is 27.3. The maximum Gasteiger partial charge on any atom is 0.407 e. The number of aromatic amines is 1. The van der Waals surface area contributed by atoms with Gasteiger partial charge in [0.25, 0.3) is 0 Å². The Bertz CT molecular complexity index is 1320. The molecular weight excluding hydrogens is 541 g/mol. The lowest BCUT2D eigenvalue weighted by Gasteiger charge is -2.47. The summed E-state index contributed by atoms with van der Waals surface area (Å²) >= 11 is 0. The van der Waals surface area contributed by atoms with E-state index in [2.05, 4.69) is 74.8 Å². The second-order valence-electron chi connectivity index (χ2n) is 13.3. The van der Waals surface area contributed by atoms with E-state index < -0.39 is 5.60 Å². The lowest BCUT2D eigenvalue weighted by Crippen LogP contribution is -2.50. The molecule has 1 aromatic heterocycles. The van der Waals surface area contributed by atoms with Crippen molar-refractivity contribution in [1.82, 2.24) is 25.1 Å². The lowest BCUT2D eigenvalue weighted by atomic mass is 9.65. The number of nitrogens with zero attached hydrogens (tertiary/aromatic N) is 3. The van der Waals surface area contributed by atoms with E-state index in [4.69, 9.17) is 9.72 Å². The van der Waals surface area contributed by atoms with Crippen molar-refractivity contribution in [2.75, 3.05) is 46.3 Å². The molecule has 1 heterocycles. The molecule has 1 amide bonds. The number of H-pyrrole nitrogens is 1. The van der Waals surface area contributed by atoms with E-state index in [1.165, 1.54) is 0 Å². The van der Waals surface area contributed by atoms with Gasteiger partial charge in [-0.2, -0.15) is 0 Å². The van der Waals surface area contributed by atoms with E-state index >= 15 is 0 Å². The van der Waals surface area contributed by atoms with E-state index in [1.807, 2.05) is 24.3 Å². The first-order chi connectivity index (χ1) is 20.5. The summed E-state index contributed by atoms with van der Waals surface area (Å²) in [5.74, 6) is 0.978. The minimum absolute atomic E-state index is 0.0224. The Hall–Kier alpha value is -2.97. The molecule has 2 aromatic carbocycles. The Labute approximate surface area is 257 Å². The predicted molar refractivity (Wildman–Crippen MR) is 173 cm³/mol. The molecule has 1 aliphatic rings. The van der Waals surface area contributed by atoms with E-state index in [-0.39, 0.29) is 29.2 Å². The number of halogens is 1. The molecule has 0 spiro atoms. The van der Waals surface area contributed by atoms with Gasteiger partial charge in [-0.3, -0.25) is 0 Å². The van der Waals surface area contributed by atoms with Gasteiger partial charge in [-0.25, -0.2) is 14.2 Å². The SMILES string of the molecule is CCN(CC)CCNC(=O)O[C@]1(CCN(C)CCC(C)(C)c2nc3ccccc3[nH]2)CCc2cc(F)ccc2C1C(C)C. The Balaban J connectivity index is 1.48. The zero-order valence-electron chi connectivity index (χ0n) is 27.3. The topological polar surface area (TPSA) is 73.5 Å². The molecule has 2 atom stereocenters. The number of benzene rings is 2. The first-order valence-electron chi connectivity index (χ1n) is 16.1. The van der Waals surface area contributed by atoms with Crippen molar-refractivity contribution in [3.05, 3.63) is 65.2 Å². The maximum atomic E-state index is 14.2. The van der Waals surface area contributed by atoms with Crippen LogP contribution < -0.4 is 5.32 Å². The van der Waals surface area contributed by atoms with Crippen molar-refractivity contribution in [2.45, 2.75) is 84.2 Å². The van der Waals surface area contributed by atoms with Gasteiger partial charge >= 0.3 is 6.09 Å². The quantitative estimate of drug-likeness (QED) is 0.213. The number of hydrogen-bond donors (Lipinski definition) is 2. The summed E-state index contributed by atoms with van der Waals surface area (Å²) in [6.07, 6.45) is 2.63. The summed E-state index contributed by atoms with van der Waals surface area (Å²) in [6.45, 7) is 18.0. The summed E-state index contributed by atoms with van der Waals surface area (Å²) in [6, 6.07) is 13.3. The third-order valence-corrected chi connectivity index (χ3v) is 9.44. The number of alkyl carbamates (subject to hydrolysis) is 1. The Morgan fingerprint density at radius 1 is 1.16 bits per heavy atom. The highest BCUT2D eigenvalue weighted by Crippen LogP contribution is 2.48. The molecule has 0 bridgehead atoms. The average molecular weight is 594 g/mol. The van der Waals surface area contributed by atoms with Crippen molar-refractivity contribution in [3.8, 4) is 0 Å². The first-order valence-corrected chi connectivity index (χ1v) is 16.1. The third-order valence-electron chi connectivity index (χ3n) is 9.44. The standard InChI is InChI=1S/C35H52FN5O2/c1-8-41(9-2)23-20-37-33(42)43-35(17-16-26-24-27(36)14-15-28(26)31(35)25(3)4)19-22-40(7)21-18-34(5,6)32-38-29-12-10-11-13-30(29)39-32/h10-15,24-25,31H,8-9,16-23H2,1-7H3,(H,37,42)(H,38,39)/t31?,35-/m0/s1. The molecule has 1 unspecified atom stereocenters. The predicted octanol–water partition coefficient (Wildman–Crippen LogP) is 6.88. The number of carbonyl (C=O) groups is 1. The highest BCUT2D eigenvalue weighted by atomic mass is 19.1. The van der Waals surface area contributed by atoms with Gasteiger partial charge in [0.05, 0.1) is 11.0 Å². The molecule has 0 saturated carbocycles. The van der Waals surface area contributed by atoms with Gasteiger partial charge in [0.15, 0.2) is 0 Å². The van der Waals surface area contributed by atoms with Gasteiger partial charge in [0.2, 0.25) is 0 Å². The van der Waals surface area contributed by atoms with Crippen molar-refractivity contribution in [1.29, 1.82) is 0 Å². The van der Waals surface area contributed by atoms with Crippen LogP contribution in [-0.4, -0.2) is 77.8 Å². The molecule has 4 rings (SSSR count). The van der Waals surface area contributed by atoms with Crippen LogP contribution in [0.1, 0.15) is 83.7 Å². The summed E-state index contributed by atoms with van der Waals surface area (Å²) in [4.78, 5) is 26.3. The number of amides is 1. The zero-order chi connectivity index (χ0) is 31.2. The Morgan fingerprint density at radius 2 is 1.91 bits per heavy atom. The van der Waals surface area contributed by atoms with E-state index in [9.17, 15) is 9.18 Å². The van der Waals surface area contributed by atoms with E-state index in [0.717, 1.165) is 67.1 Å². The number of imidazole rings is 1. The second kappa shape index (κ2) is 14.2. The number of aromatic nitrogens is 2. The third kappa shape index (κ3) is 7.95. The largest absolute Gasteiger partial charge is 0.442 e. The van der Waals surface area contributed by atoms with Gasteiger partial charge in [-0.05, 0) is 87.3 Å². The Morgan fingerprint density at radius 3 is 2.60 bits per heavy atom. The lowest BCUT2D eigenvalue weighted by molar-refractivity contribution is -0.0444. The van der Waals surface area contributed by atoms with Crippen LogP contribution in [0.25, 0.3) is 11.0 Å². The number of ether oxygens (including phenoxy) is 1. The minimum Gasteiger partial charge on any atom is -0.442 e. The summed E-state index contributed by atoms with van der Waals surface area (Å²) < 4.78 is 20.7. The van der Waals surface area contributed by atoms with Gasteiger partial charge in [0.1, 0.15) is 17.2 Å². The monoisotopic (exact) mass is 593 g/mol. The molecule has 43 heavy (non-hydrogen) atoms. The molecule has 0 radical (unpaired) electrons. The van der Waals surface area contributed by atoms with Crippen LogP contribution >= 0.6 is 0 Å². The van der Waals surface area contributed by atoms with Gasteiger partial charge < -0.3 is 24.8 Å². The fourth-order valence-electron chi connectivity index (χ4n) is 6.72. The number of likely N-dealkylation sites (N-methyl/N-ethyl adjacent to an activating group) is 1. The number of carbonyl (C=O) groups excluding carboxylic acids is 1. The first kappa shape index (κ1) is 32.9. The van der Waals surface area contributed by atoms with E-state index in [0.29, 0.717) is 25.8 Å². The fraction of sp³-hybridized carbons (Fsp3) is 0.600. The van der Waals surface area contributed by atoms with E-state index in [1.54, 1.807) is 12.1 Å². The molecule has 236 valence electrons. The van der Waals surface area contributed by atoms with Gasteiger partial charge in [-0.1, -0.05) is 59.7 Å². The average Bonchev–Trinajstić information content (AvgIpc) is 3.43. The smallest absolute Gasteiger partial charge is 0.407 e. The van der Waals surface area contributed by atoms with Crippen LogP contribution in [0.2, 0.25) is 0 Å². The highest BCUT2D eigenvalue weighted by Gasteiger charge is 2.48. The van der Waals surface area contributed by atoms with Gasteiger partial charge in [-0.15, -0.1) is 0 Å². The number of hydrogen-bond acceptors (Lipinski definition) is 5. The van der Waals surface area contributed by atoms with Crippen LogP contribution in [0.3, 0.4) is 0 Å². The number of aryl methyl sites for hydroxylation is 1. The normalized spacial score (nSPS) is 18.9. The second-order valence-corrected chi connectivity index (χ2v) is 13.3. The molecule has 3 aromatic rings. The maximum absolute atomic E-state index is 14.2. The molecular formula is C35H52FN5O2. The fourth-order valence-corrected chi connectivity index (χ4v) is 6.72. The molecule has 1 aliphatic carbocycles. The molecule has 2 N–H and O–H groups in total. The van der Waals surface area contributed by atoms with Gasteiger partial charge in [0, 0.05) is 37.4 Å². The van der Waals surface area contributed by atoms with Crippen LogP contribution in [-0.2, 0) is 16.6 Å². The highest BCUT2D eigenvalue weighted by molar-refractivity contribution is 5.75. The van der Waals surface area contributed by atoms with Crippen molar-refractivity contribution >= 4 is 17.1 Å². The van der Waals surface area contributed by atoms with Crippen molar-refractivity contribution < 1.29 is 13.9 Å². The van der Waals surface area contributed by atoms with Crippen LogP contribution in [0.4, 0.5) is 9.18 Å². The van der Waals surface area contributed by atoms with Crippen molar-refractivity contribution in [3.63, 3.8) is 0 Å².